The van der Waals surface area contributed by atoms with Crippen LogP contribution in [0.5, 0.6) is 11.5 Å². The highest BCUT2D eigenvalue weighted by molar-refractivity contribution is 7.89. The molecular weight excluding hydrogens is 382 g/mol. The summed E-state index contributed by atoms with van der Waals surface area (Å²) in [6, 6.07) is 13.1. The van der Waals surface area contributed by atoms with Gasteiger partial charge in [0.05, 0.1) is 24.7 Å². The maximum atomic E-state index is 12.6. The number of nitrogens with zero attached hydrogens (tertiary/aromatic N) is 1. The maximum absolute atomic E-state index is 12.6. The molecule has 1 aliphatic heterocycles. The largest absolute Gasteiger partial charge is 0.497 e. The Morgan fingerprint density at radius 3 is 2.46 bits per heavy atom. The van der Waals surface area contributed by atoms with Crippen LogP contribution < -0.4 is 9.47 Å². The van der Waals surface area contributed by atoms with Crippen LogP contribution in [0.2, 0.25) is 0 Å². The molecule has 1 heterocycles. The average molecular weight is 401 g/mol. The van der Waals surface area contributed by atoms with E-state index in [4.69, 9.17) is 14.2 Å². The number of carbonyl (C=O) groups excluding carboxylic acids is 1. The van der Waals surface area contributed by atoms with E-state index in [1.807, 2.05) is 0 Å². The van der Waals surface area contributed by atoms with Crippen molar-refractivity contribution in [1.82, 2.24) is 4.31 Å². The third kappa shape index (κ3) is 4.01. The van der Waals surface area contributed by atoms with Gasteiger partial charge in [0.1, 0.15) is 11.5 Å². The summed E-state index contributed by atoms with van der Waals surface area (Å²) in [5, 5.41) is 0. The molecule has 0 spiro atoms. The molecule has 0 amide bonds. The van der Waals surface area contributed by atoms with Gasteiger partial charge in [0.15, 0.2) is 12.4 Å². The molecule has 146 valence electrons. The number of hydrogen-bond acceptors (Lipinski definition) is 6. The lowest BCUT2D eigenvalue weighted by Gasteiger charge is -2.26. The number of carbonyl (C=O) groups is 1. The summed E-state index contributed by atoms with van der Waals surface area (Å²) in [6.07, 6.45) is 2.73. The Labute approximate surface area is 163 Å². The summed E-state index contributed by atoms with van der Waals surface area (Å²) in [5.74, 6) is 0.624. The van der Waals surface area contributed by atoms with Crippen LogP contribution in [-0.4, -0.2) is 39.0 Å². The zero-order chi connectivity index (χ0) is 20.1. The van der Waals surface area contributed by atoms with Crippen LogP contribution in [0.25, 0.3) is 5.76 Å². The minimum atomic E-state index is -3.72. The van der Waals surface area contributed by atoms with Crippen LogP contribution in [0.4, 0.5) is 0 Å². The van der Waals surface area contributed by atoms with E-state index in [9.17, 15) is 13.2 Å². The fourth-order valence-corrected chi connectivity index (χ4v) is 4.10. The number of rotatable bonds is 7. The van der Waals surface area contributed by atoms with Crippen molar-refractivity contribution in [2.45, 2.75) is 4.90 Å². The van der Waals surface area contributed by atoms with Crippen molar-refractivity contribution >= 4 is 21.8 Å². The van der Waals surface area contributed by atoms with E-state index in [0.717, 1.165) is 4.31 Å². The lowest BCUT2D eigenvalue weighted by molar-refractivity contribution is -0.139. The topological polar surface area (TPSA) is 82.1 Å². The number of fused-ring (bicyclic) bond motifs is 1. The molecular formula is C20H19NO6S. The van der Waals surface area contributed by atoms with Crippen molar-refractivity contribution in [3.05, 3.63) is 72.9 Å². The van der Waals surface area contributed by atoms with Gasteiger partial charge in [-0.05, 0) is 36.4 Å². The van der Waals surface area contributed by atoms with Gasteiger partial charge in [-0.25, -0.2) is 13.2 Å². The molecule has 0 bridgehead atoms. The first kappa shape index (κ1) is 19.5. The minimum Gasteiger partial charge on any atom is -0.497 e. The first-order valence-corrected chi connectivity index (χ1v) is 9.81. The lowest BCUT2D eigenvalue weighted by Crippen LogP contribution is -2.31. The molecule has 2 aromatic carbocycles. The summed E-state index contributed by atoms with van der Waals surface area (Å²) in [6.45, 7) is 3.29. The highest BCUT2D eigenvalue weighted by Gasteiger charge is 2.32. The monoisotopic (exact) mass is 401 g/mol. The summed E-state index contributed by atoms with van der Waals surface area (Å²) < 4.78 is 42.2. The SMILES string of the molecule is C=CCN1C=C(OC(=O)COc2ccc(OC)cc2)c2ccccc2S1(=O)=O. The van der Waals surface area contributed by atoms with E-state index in [1.165, 1.54) is 18.3 Å². The number of methoxy groups -OCH3 is 1. The van der Waals surface area contributed by atoms with Crippen LogP contribution >= 0.6 is 0 Å². The second kappa shape index (κ2) is 8.18. The molecule has 0 saturated carbocycles. The highest BCUT2D eigenvalue weighted by Crippen LogP contribution is 2.32. The van der Waals surface area contributed by atoms with Crippen molar-refractivity contribution in [3.8, 4) is 11.5 Å². The molecule has 0 fully saturated rings. The number of ether oxygens (including phenoxy) is 3. The predicted molar refractivity (Wildman–Crippen MR) is 103 cm³/mol. The Balaban J connectivity index is 1.76. The normalized spacial score (nSPS) is 14.5. The molecule has 3 rings (SSSR count). The van der Waals surface area contributed by atoms with E-state index in [2.05, 4.69) is 6.58 Å². The lowest BCUT2D eigenvalue weighted by atomic mass is 10.2. The van der Waals surface area contributed by atoms with Crippen LogP contribution in [0.3, 0.4) is 0 Å². The number of benzene rings is 2. The van der Waals surface area contributed by atoms with Gasteiger partial charge >= 0.3 is 5.97 Å². The number of sulfonamides is 1. The van der Waals surface area contributed by atoms with Gasteiger partial charge in [0.2, 0.25) is 0 Å². The summed E-state index contributed by atoms with van der Waals surface area (Å²) in [5.41, 5.74) is 0.320. The van der Waals surface area contributed by atoms with E-state index < -0.39 is 16.0 Å². The smallest absolute Gasteiger partial charge is 0.349 e. The molecule has 0 radical (unpaired) electrons. The molecule has 7 nitrogen and oxygen atoms in total. The van der Waals surface area contributed by atoms with Gasteiger partial charge in [-0.15, -0.1) is 6.58 Å². The minimum absolute atomic E-state index is 0.0556. The fourth-order valence-electron chi connectivity index (χ4n) is 2.62. The van der Waals surface area contributed by atoms with Crippen LogP contribution in [-0.2, 0) is 19.6 Å². The molecule has 2 aromatic rings. The van der Waals surface area contributed by atoms with Gasteiger partial charge in [0.25, 0.3) is 10.0 Å². The third-order valence-electron chi connectivity index (χ3n) is 3.95. The number of hydrogen-bond donors (Lipinski definition) is 0. The van der Waals surface area contributed by atoms with Gasteiger partial charge < -0.3 is 14.2 Å². The Morgan fingerprint density at radius 1 is 1.11 bits per heavy atom. The van der Waals surface area contributed by atoms with Crippen molar-refractivity contribution in [1.29, 1.82) is 0 Å². The van der Waals surface area contributed by atoms with E-state index in [-0.39, 0.29) is 23.8 Å². The second-order valence-electron chi connectivity index (χ2n) is 5.79. The number of esters is 1. The third-order valence-corrected chi connectivity index (χ3v) is 5.73. The summed E-state index contributed by atoms with van der Waals surface area (Å²) >= 11 is 0. The van der Waals surface area contributed by atoms with Crippen LogP contribution in [0.1, 0.15) is 5.56 Å². The zero-order valence-corrected chi connectivity index (χ0v) is 16.0. The first-order chi connectivity index (χ1) is 13.5. The molecule has 1 aliphatic rings. The van der Waals surface area contributed by atoms with Gasteiger partial charge in [-0.1, -0.05) is 18.2 Å². The Kier molecular flexibility index (Phi) is 5.70. The average Bonchev–Trinajstić information content (AvgIpc) is 2.71. The van der Waals surface area contributed by atoms with Crippen molar-refractivity contribution < 1.29 is 27.4 Å². The first-order valence-electron chi connectivity index (χ1n) is 8.37. The standard InChI is InChI=1S/C20H19NO6S/c1-3-12-21-13-18(17-6-4-5-7-19(17)28(21,23)24)27-20(22)14-26-16-10-8-15(25-2)9-11-16/h3-11,13H,1,12,14H2,2H3. The molecule has 0 aliphatic carbocycles. The van der Waals surface area contributed by atoms with Crippen molar-refractivity contribution in [2.24, 2.45) is 0 Å². The molecule has 0 N–H and O–H groups in total. The summed E-state index contributed by atoms with van der Waals surface area (Å²) in [4.78, 5) is 12.3. The van der Waals surface area contributed by atoms with Crippen LogP contribution in [0.15, 0.2) is 72.3 Å². The van der Waals surface area contributed by atoms with Crippen LogP contribution in [0, 0.1) is 0 Å². The highest BCUT2D eigenvalue weighted by atomic mass is 32.2. The Morgan fingerprint density at radius 2 is 1.79 bits per heavy atom. The molecule has 8 heteroatoms. The maximum Gasteiger partial charge on any atom is 0.349 e. The van der Waals surface area contributed by atoms with Gasteiger partial charge in [-0.2, -0.15) is 0 Å². The van der Waals surface area contributed by atoms with Crippen molar-refractivity contribution in [3.63, 3.8) is 0 Å². The molecule has 0 aromatic heterocycles. The quantitative estimate of drug-likeness (QED) is 0.524. The van der Waals surface area contributed by atoms with Gasteiger partial charge in [0, 0.05) is 5.56 Å². The zero-order valence-electron chi connectivity index (χ0n) is 15.2. The predicted octanol–water partition coefficient (Wildman–Crippen LogP) is 2.81. The summed E-state index contributed by atoms with van der Waals surface area (Å²) in [7, 11) is -2.17. The van der Waals surface area contributed by atoms with E-state index in [0.29, 0.717) is 17.1 Å². The van der Waals surface area contributed by atoms with Crippen molar-refractivity contribution in [2.75, 3.05) is 20.3 Å². The Bertz CT molecular complexity index is 1010. The molecule has 0 unspecified atom stereocenters. The van der Waals surface area contributed by atoms with E-state index >= 15 is 0 Å². The van der Waals surface area contributed by atoms with E-state index in [1.54, 1.807) is 49.6 Å². The Hall–Kier alpha value is -3.26. The molecule has 28 heavy (non-hydrogen) atoms. The fraction of sp³-hybridized carbons (Fsp3) is 0.150. The second-order valence-corrected chi connectivity index (χ2v) is 7.65. The van der Waals surface area contributed by atoms with Gasteiger partial charge in [-0.3, -0.25) is 4.31 Å². The molecule has 0 saturated heterocycles. The molecule has 0 atom stereocenters.